The Balaban J connectivity index is 2.04. The second-order valence-electron chi connectivity index (χ2n) is 7.09. The molecule has 2 atom stereocenters. The summed E-state index contributed by atoms with van der Waals surface area (Å²) in [5, 5.41) is 12.8. The van der Waals surface area contributed by atoms with Crippen molar-refractivity contribution in [1.82, 2.24) is 9.88 Å². The SMILES string of the molecule is Cc1cc2c(n1C1CCC(=O)NC1=O)CC(C)(C)CC2O. The maximum absolute atomic E-state index is 12.2. The summed E-state index contributed by atoms with van der Waals surface area (Å²) in [5.74, 6) is -0.430. The lowest BCUT2D eigenvalue weighted by atomic mass is 9.75. The molecule has 2 amide bonds. The van der Waals surface area contributed by atoms with E-state index in [1.54, 1.807) is 0 Å². The average Bonchev–Trinajstić information content (AvgIpc) is 2.65. The molecule has 5 heteroatoms. The molecule has 1 aliphatic carbocycles. The second-order valence-corrected chi connectivity index (χ2v) is 7.09. The highest BCUT2D eigenvalue weighted by atomic mass is 16.3. The van der Waals surface area contributed by atoms with Gasteiger partial charge in [0.15, 0.2) is 0 Å². The van der Waals surface area contributed by atoms with Crippen molar-refractivity contribution in [2.75, 3.05) is 0 Å². The van der Waals surface area contributed by atoms with Gasteiger partial charge in [-0.15, -0.1) is 0 Å². The molecule has 3 rings (SSSR count). The van der Waals surface area contributed by atoms with Gasteiger partial charge in [-0.1, -0.05) is 13.8 Å². The molecule has 0 radical (unpaired) electrons. The van der Waals surface area contributed by atoms with Crippen molar-refractivity contribution in [3.63, 3.8) is 0 Å². The molecule has 1 aromatic rings. The van der Waals surface area contributed by atoms with E-state index in [1.807, 2.05) is 17.6 Å². The van der Waals surface area contributed by atoms with Gasteiger partial charge >= 0.3 is 0 Å². The lowest BCUT2D eigenvalue weighted by Crippen LogP contribution is -2.42. The number of imide groups is 1. The molecule has 1 aromatic heterocycles. The van der Waals surface area contributed by atoms with Crippen LogP contribution in [0, 0.1) is 12.3 Å². The number of nitrogens with zero attached hydrogens (tertiary/aromatic N) is 1. The fourth-order valence-electron chi connectivity index (χ4n) is 3.73. The van der Waals surface area contributed by atoms with E-state index >= 15 is 0 Å². The number of hydrogen-bond acceptors (Lipinski definition) is 3. The number of fused-ring (bicyclic) bond motifs is 1. The molecule has 0 aromatic carbocycles. The molecule has 0 spiro atoms. The highest BCUT2D eigenvalue weighted by Gasteiger charge is 2.37. The van der Waals surface area contributed by atoms with Gasteiger partial charge < -0.3 is 9.67 Å². The van der Waals surface area contributed by atoms with E-state index in [1.165, 1.54) is 0 Å². The van der Waals surface area contributed by atoms with Gasteiger partial charge in [0.05, 0.1) is 6.10 Å². The lowest BCUT2D eigenvalue weighted by molar-refractivity contribution is -0.135. The molecule has 21 heavy (non-hydrogen) atoms. The standard InChI is InChI=1S/C16H22N2O3/c1-9-6-10-12(7-16(2,3)8-13(10)19)18(9)11-4-5-14(20)17-15(11)21/h6,11,13,19H,4-5,7-8H2,1-3H3,(H,17,20,21). The first kappa shape index (κ1) is 14.3. The van der Waals surface area contributed by atoms with E-state index in [-0.39, 0.29) is 23.3 Å². The number of nitrogens with one attached hydrogen (secondary N) is 1. The normalized spacial score (nSPS) is 28.2. The number of amides is 2. The number of aliphatic hydroxyl groups is 1. The topological polar surface area (TPSA) is 71.3 Å². The maximum Gasteiger partial charge on any atom is 0.249 e. The van der Waals surface area contributed by atoms with Crippen LogP contribution in [0.1, 0.15) is 62.2 Å². The predicted molar refractivity (Wildman–Crippen MR) is 77.7 cm³/mol. The number of rotatable bonds is 1. The predicted octanol–water partition coefficient (Wildman–Crippen LogP) is 1.78. The third-order valence-electron chi connectivity index (χ3n) is 4.64. The van der Waals surface area contributed by atoms with Crippen molar-refractivity contribution in [2.45, 2.75) is 58.6 Å². The number of hydrogen-bond donors (Lipinski definition) is 2. The third-order valence-corrected chi connectivity index (χ3v) is 4.64. The van der Waals surface area contributed by atoms with Crippen LogP contribution in [0.25, 0.3) is 0 Å². The smallest absolute Gasteiger partial charge is 0.249 e. The molecule has 0 saturated carbocycles. The number of carbonyl (C=O) groups is 2. The van der Waals surface area contributed by atoms with Crippen LogP contribution in [0.5, 0.6) is 0 Å². The summed E-state index contributed by atoms with van der Waals surface area (Å²) in [4.78, 5) is 23.5. The van der Waals surface area contributed by atoms with Gasteiger partial charge in [0.2, 0.25) is 11.8 Å². The molecular weight excluding hydrogens is 268 g/mol. The van der Waals surface area contributed by atoms with Gasteiger partial charge in [0.1, 0.15) is 6.04 Å². The Bertz CT molecular complexity index is 615. The van der Waals surface area contributed by atoms with Crippen molar-refractivity contribution in [1.29, 1.82) is 0 Å². The van der Waals surface area contributed by atoms with Gasteiger partial charge in [-0.2, -0.15) is 0 Å². The number of aromatic nitrogens is 1. The lowest BCUT2D eigenvalue weighted by Gasteiger charge is -2.35. The van der Waals surface area contributed by atoms with Gasteiger partial charge in [0.25, 0.3) is 0 Å². The zero-order chi connectivity index (χ0) is 15.4. The number of aryl methyl sites for hydroxylation is 1. The summed E-state index contributed by atoms with van der Waals surface area (Å²) < 4.78 is 2.03. The number of carbonyl (C=O) groups excluding carboxylic acids is 2. The molecule has 2 N–H and O–H groups in total. The van der Waals surface area contributed by atoms with Crippen LogP contribution in [0.2, 0.25) is 0 Å². The van der Waals surface area contributed by atoms with Crippen molar-refractivity contribution in [3.8, 4) is 0 Å². The van der Waals surface area contributed by atoms with Crippen molar-refractivity contribution >= 4 is 11.8 Å². The monoisotopic (exact) mass is 290 g/mol. The van der Waals surface area contributed by atoms with Crippen molar-refractivity contribution in [2.24, 2.45) is 5.41 Å². The first-order valence-electron chi connectivity index (χ1n) is 7.51. The van der Waals surface area contributed by atoms with Gasteiger partial charge in [-0.05, 0) is 37.7 Å². The van der Waals surface area contributed by atoms with Crippen molar-refractivity contribution in [3.05, 3.63) is 23.0 Å². The molecule has 2 aliphatic rings. The second kappa shape index (κ2) is 4.70. The molecule has 2 heterocycles. The minimum atomic E-state index is -0.475. The fourth-order valence-corrected chi connectivity index (χ4v) is 3.73. The first-order valence-corrected chi connectivity index (χ1v) is 7.51. The summed E-state index contributed by atoms with van der Waals surface area (Å²) in [7, 11) is 0. The number of aliphatic hydroxyl groups excluding tert-OH is 1. The van der Waals surface area contributed by atoms with Crippen LogP contribution in [-0.2, 0) is 16.0 Å². The minimum Gasteiger partial charge on any atom is -0.388 e. The molecule has 1 fully saturated rings. The highest BCUT2D eigenvalue weighted by molar-refractivity contribution is 5.99. The zero-order valence-electron chi connectivity index (χ0n) is 12.8. The summed E-state index contributed by atoms with van der Waals surface area (Å²) in [5.41, 5.74) is 2.98. The molecule has 5 nitrogen and oxygen atoms in total. The van der Waals surface area contributed by atoms with Gasteiger partial charge in [-0.25, -0.2) is 0 Å². The maximum atomic E-state index is 12.2. The minimum absolute atomic E-state index is 0.00984. The zero-order valence-corrected chi connectivity index (χ0v) is 12.8. The Morgan fingerprint density at radius 1 is 1.38 bits per heavy atom. The summed E-state index contributed by atoms with van der Waals surface area (Å²) >= 11 is 0. The summed E-state index contributed by atoms with van der Waals surface area (Å²) in [6.45, 7) is 6.23. The first-order chi connectivity index (χ1) is 9.78. The van der Waals surface area contributed by atoms with Crippen molar-refractivity contribution < 1.29 is 14.7 Å². The molecular formula is C16H22N2O3. The van der Waals surface area contributed by atoms with Gasteiger partial charge in [-0.3, -0.25) is 14.9 Å². The van der Waals surface area contributed by atoms with E-state index in [9.17, 15) is 14.7 Å². The summed E-state index contributed by atoms with van der Waals surface area (Å²) in [6.07, 6.45) is 2.00. The van der Waals surface area contributed by atoms with Gasteiger partial charge in [0, 0.05) is 23.4 Å². The number of piperidine rings is 1. The van der Waals surface area contributed by atoms with Crippen LogP contribution in [0.15, 0.2) is 6.07 Å². The molecule has 1 aliphatic heterocycles. The van der Waals surface area contributed by atoms with Crippen LogP contribution < -0.4 is 5.32 Å². The molecule has 114 valence electrons. The Hall–Kier alpha value is -1.62. The van der Waals surface area contributed by atoms with E-state index in [4.69, 9.17) is 0 Å². The molecule has 0 bridgehead atoms. The van der Waals surface area contributed by atoms with E-state index in [0.29, 0.717) is 12.8 Å². The Morgan fingerprint density at radius 3 is 2.76 bits per heavy atom. The van der Waals surface area contributed by atoms with Crippen LogP contribution in [0.4, 0.5) is 0 Å². The Labute approximate surface area is 124 Å². The van der Waals surface area contributed by atoms with Crippen LogP contribution >= 0.6 is 0 Å². The fraction of sp³-hybridized carbons (Fsp3) is 0.625. The molecule has 2 unspecified atom stereocenters. The Kier molecular flexibility index (Phi) is 3.20. The third kappa shape index (κ3) is 2.39. The van der Waals surface area contributed by atoms with E-state index in [2.05, 4.69) is 19.2 Å². The quantitative estimate of drug-likeness (QED) is 0.774. The largest absolute Gasteiger partial charge is 0.388 e. The average molecular weight is 290 g/mol. The van der Waals surface area contributed by atoms with E-state index < -0.39 is 6.10 Å². The van der Waals surface area contributed by atoms with Crippen LogP contribution in [-0.4, -0.2) is 21.5 Å². The van der Waals surface area contributed by atoms with E-state index in [0.717, 1.165) is 29.8 Å². The molecule has 1 saturated heterocycles. The highest BCUT2D eigenvalue weighted by Crippen LogP contribution is 2.43. The van der Waals surface area contributed by atoms with Crippen LogP contribution in [0.3, 0.4) is 0 Å². The summed E-state index contributed by atoms with van der Waals surface area (Å²) in [6, 6.07) is 1.64. The Morgan fingerprint density at radius 2 is 2.10 bits per heavy atom.